The van der Waals surface area contributed by atoms with E-state index in [0.717, 1.165) is 11.1 Å². The van der Waals surface area contributed by atoms with Gasteiger partial charge in [0.25, 0.3) is 0 Å². The fraction of sp³-hybridized carbons (Fsp3) is 0.0667. The number of hydrogen-bond acceptors (Lipinski definition) is 5. The fourth-order valence-corrected chi connectivity index (χ4v) is 2.03. The molecule has 3 rings (SSSR count). The number of benzene rings is 1. The Morgan fingerprint density at radius 3 is 2.95 bits per heavy atom. The molecule has 0 amide bonds. The van der Waals surface area contributed by atoms with E-state index in [-0.39, 0.29) is 0 Å². The molecule has 0 atom stereocenters. The first-order chi connectivity index (χ1) is 10.7. The quantitative estimate of drug-likeness (QED) is 0.594. The highest BCUT2D eigenvalue weighted by atomic mass is 35.5. The Kier molecular flexibility index (Phi) is 4.11. The van der Waals surface area contributed by atoms with Crippen LogP contribution in [0.4, 0.5) is 5.82 Å². The molecule has 2 aromatic heterocycles. The molecule has 0 fully saturated rings. The van der Waals surface area contributed by atoms with Crippen LogP contribution in [0, 0.1) is 6.92 Å². The lowest BCUT2D eigenvalue weighted by molar-refractivity contribution is 0.839. The molecule has 0 saturated heterocycles. The third-order valence-electron chi connectivity index (χ3n) is 2.84. The minimum atomic E-state index is 0.580. The van der Waals surface area contributed by atoms with Crippen molar-refractivity contribution in [2.45, 2.75) is 6.92 Å². The monoisotopic (exact) mass is 312 g/mol. The first-order valence-corrected chi connectivity index (χ1v) is 6.97. The van der Waals surface area contributed by atoms with Gasteiger partial charge in [0.1, 0.15) is 6.33 Å². The second kappa shape index (κ2) is 6.36. The minimum Gasteiger partial charge on any atom is -0.261 e. The van der Waals surface area contributed by atoms with Gasteiger partial charge in [-0.15, -0.1) is 0 Å². The maximum absolute atomic E-state index is 5.92. The van der Waals surface area contributed by atoms with Gasteiger partial charge in [0.2, 0.25) is 0 Å². The van der Waals surface area contributed by atoms with E-state index in [4.69, 9.17) is 11.6 Å². The normalized spacial score (nSPS) is 11.0. The summed E-state index contributed by atoms with van der Waals surface area (Å²) in [5, 5.41) is 9.02. The number of aryl methyl sites for hydroxylation is 1. The molecule has 1 N–H and O–H groups in total. The van der Waals surface area contributed by atoms with Crippen LogP contribution in [0.5, 0.6) is 0 Å². The van der Waals surface area contributed by atoms with Crippen molar-refractivity contribution >= 4 is 23.6 Å². The molecule has 7 heteroatoms. The van der Waals surface area contributed by atoms with Crippen molar-refractivity contribution < 1.29 is 0 Å². The zero-order valence-electron chi connectivity index (χ0n) is 11.8. The Morgan fingerprint density at radius 1 is 1.27 bits per heavy atom. The number of halogens is 1. The van der Waals surface area contributed by atoms with Gasteiger partial charge in [-0.05, 0) is 30.2 Å². The lowest BCUT2D eigenvalue weighted by Gasteiger charge is -2.02. The van der Waals surface area contributed by atoms with Gasteiger partial charge in [0.05, 0.1) is 12.4 Å². The number of anilines is 1. The van der Waals surface area contributed by atoms with Crippen molar-refractivity contribution in [3.05, 3.63) is 65.2 Å². The summed E-state index contributed by atoms with van der Waals surface area (Å²) in [5.41, 5.74) is 4.83. The molecule has 0 bridgehead atoms. The van der Waals surface area contributed by atoms with Crippen LogP contribution in [0.25, 0.3) is 5.82 Å². The predicted octanol–water partition coefficient (Wildman–Crippen LogP) is 3.07. The highest BCUT2D eigenvalue weighted by molar-refractivity contribution is 6.30. The predicted molar refractivity (Wildman–Crippen MR) is 86.6 cm³/mol. The van der Waals surface area contributed by atoms with Crippen LogP contribution in [0.15, 0.2) is 54.2 Å². The molecule has 110 valence electrons. The molecule has 0 unspecified atom stereocenters. The van der Waals surface area contributed by atoms with Crippen LogP contribution in [0.2, 0.25) is 5.02 Å². The average molecular weight is 313 g/mol. The van der Waals surface area contributed by atoms with E-state index in [1.807, 2.05) is 37.4 Å². The van der Waals surface area contributed by atoms with E-state index in [0.29, 0.717) is 16.7 Å². The topological polar surface area (TPSA) is 68.0 Å². The van der Waals surface area contributed by atoms with Crippen LogP contribution in [-0.4, -0.2) is 26.0 Å². The molecule has 0 radical (unpaired) electrons. The Labute approximate surface area is 132 Å². The number of hydrazone groups is 1. The highest BCUT2D eigenvalue weighted by Gasteiger charge is 2.01. The Bertz CT molecular complexity index is 811. The van der Waals surface area contributed by atoms with E-state index in [2.05, 4.69) is 25.6 Å². The molecule has 6 nitrogen and oxygen atoms in total. The van der Waals surface area contributed by atoms with Crippen molar-refractivity contribution in [3.8, 4) is 5.82 Å². The number of aromatic nitrogens is 4. The first kappa shape index (κ1) is 14.2. The molecule has 0 spiro atoms. The van der Waals surface area contributed by atoms with Gasteiger partial charge in [-0.2, -0.15) is 10.2 Å². The van der Waals surface area contributed by atoms with Gasteiger partial charge in [-0.3, -0.25) is 5.43 Å². The first-order valence-electron chi connectivity index (χ1n) is 6.59. The molecule has 0 aliphatic rings. The second-order valence-corrected chi connectivity index (χ2v) is 5.09. The van der Waals surface area contributed by atoms with Crippen molar-refractivity contribution in [2.75, 3.05) is 5.43 Å². The largest absolute Gasteiger partial charge is 0.261 e. The lowest BCUT2D eigenvalue weighted by atomic mass is 10.2. The molecule has 0 aliphatic carbocycles. The van der Waals surface area contributed by atoms with Crippen LogP contribution in [-0.2, 0) is 0 Å². The summed E-state index contributed by atoms with van der Waals surface area (Å²) in [6.07, 6.45) is 6.79. The van der Waals surface area contributed by atoms with Gasteiger partial charge < -0.3 is 0 Å². The SMILES string of the molecule is Cc1cnn(-c2cc(NN=Cc3cccc(Cl)c3)ncn2)c1. The van der Waals surface area contributed by atoms with Gasteiger partial charge in [0.15, 0.2) is 11.6 Å². The Hall–Kier alpha value is -2.73. The summed E-state index contributed by atoms with van der Waals surface area (Å²) >= 11 is 5.92. The summed E-state index contributed by atoms with van der Waals surface area (Å²) in [6.45, 7) is 1.97. The van der Waals surface area contributed by atoms with Gasteiger partial charge in [-0.1, -0.05) is 23.7 Å². The number of nitrogens with zero attached hydrogens (tertiary/aromatic N) is 5. The molecule has 22 heavy (non-hydrogen) atoms. The number of nitrogens with one attached hydrogen (secondary N) is 1. The zero-order valence-corrected chi connectivity index (χ0v) is 12.6. The van der Waals surface area contributed by atoms with Crippen LogP contribution < -0.4 is 5.43 Å². The van der Waals surface area contributed by atoms with Crippen molar-refractivity contribution in [1.82, 2.24) is 19.7 Å². The summed E-state index contributed by atoms with van der Waals surface area (Å²) < 4.78 is 1.68. The maximum atomic E-state index is 5.92. The summed E-state index contributed by atoms with van der Waals surface area (Å²) in [7, 11) is 0. The standard InChI is InChI=1S/C15H13ClN6/c1-11-7-20-22(9-11)15-6-14(17-10-18-15)21-19-8-12-3-2-4-13(16)5-12/h2-10H,1H3,(H,17,18,21). The lowest BCUT2D eigenvalue weighted by Crippen LogP contribution is -2.01. The van der Waals surface area contributed by atoms with Crippen LogP contribution in [0.3, 0.4) is 0 Å². The summed E-state index contributed by atoms with van der Waals surface area (Å²) in [5.74, 6) is 1.25. The number of rotatable bonds is 4. The second-order valence-electron chi connectivity index (χ2n) is 4.65. The van der Waals surface area contributed by atoms with Crippen molar-refractivity contribution in [3.63, 3.8) is 0 Å². The minimum absolute atomic E-state index is 0.580. The molecular formula is C15H13ClN6. The molecule has 0 saturated carbocycles. The van der Waals surface area contributed by atoms with E-state index in [9.17, 15) is 0 Å². The van der Waals surface area contributed by atoms with E-state index in [1.54, 1.807) is 23.2 Å². The third kappa shape index (κ3) is 3.48. The smallest absolute Gasteiger partial charge is 0.158 e. The molecule has 3 aromatic rings. The molecule has 0 aliphatic heterocycles. The van der Waals surface area contributed by atoms with E-state index < -0.39 is 0 Å². The number of hydrogen-bond donors (Lipinski definition) is 1. The van der Waals surface area contributed by atoms with E-state index in [1.165, 1.54) is 6.33 Å². The Balaban J connectivity index is 1.73. The maximum Gasteiger partial charge on any atom is 0.158 e. The zero-order chi connectivity index (χ0) is 15.4. The average Bonchev–Trinajstić information content (AvgIpc) is 2.94. The molecule has 1 aromatic carbocycles. The van der Waals surface area contributed by atoms with Gasteiger partial charge in [0, 0.05) is 17.3 Å². The van der Waals surface area contributed by atoms with Gasteiger partial charge in [-0.25, -0.2) is 14.6 Å². The molecule has 2 heterocycles. The summed E-state index contributed by atoms with van der Waals surface area (Å²) in [4.78, 5) is 8.30. The third-order valence-corrected chi connectivity index (χ3v) is 3.08. The highest BCUT2D eigenvalue weighted by Crippen LogP contribution is 2.10. The molecular weight excluding hydrogens is 300 g/mol. The van der Waals surface area contributed by atoms with Gasteiger partial charge >= 0.3 is 0 Å². The van der Waals surface area contributed by atoms with Crippen LogP contribution in [0.1, 0.15) is 11.1 Å². The van der Waals surface area contributed by atoms with Crippen LogP contribution >= 0.6 is 11.6 Å². The van der Waals surface area contributed by atoms with E-state index >= 15 is 0 Å². The summed E-state index contributed by atoms with van der Waals surface area (Å²) in [6, 6.07) is 9.18. The van der Waals surface area contributed by atoms with Crippen molar-refractivity contribution in [2.24, 2.45) is 5.10 Å². The fourth-order valence-electron chi connectivity index (χ4n) is 1.83. The Morgan fingerprint density at radius 2 is 2.18 bits per heavy atom. The van der Waals surface area contributed by atoms with Crippen molar-refractivity contribution in [1.29, 1.82) is 0 Å².